The summed E-state index contributed by atoms with van der Waals surface area (Å²) in [5.41, 5.74) is -0.103. The van der Waals surface area contributed by atoms with Crippen LogP contribution in [0.25, 0.3) is 0 Å². The molecule has 0 aliphatic heterocycles. The van der Waals surface area contributed by atoms with Gasteiger partial charge in [-0.05, 0) is 25.7 Å². The van der Waals surface area contributed by atoms with Gasteiger partial charge >= 0.3 is 0 Å². The van der Waals surface area contributed by atoms with E-state index in [1.54, 1.807) is 0 Å². The van der Waals surface area contributed by atoms with Crippen LogP contribution in [0.5, 0.6) is 0 Å². The van der Waals surface area contributed by atoms with Crippen molar-refractivity contribution in [3.05, 3.63) is 22.7 Å². The molecule has 0 heterocycles. The highest BCUT2D eigenvalue weighted by molar-refractivity contribution is 6.11. The third kappa shape index (κ3) is 5.59. The molecule has 0 atom stereocenters. The van der Waals surface area contributed by atoms with Crippen LogP contribution in [0.1, 0.15) is 54.4 Å². The topological polar surface area (TPSA) is 74.6 Å². The van der Waals surface area contributed by atoms with Crippen LogP contribution in [0.3, 0.4) is 0 Å². The first-order chi connectivity index (χ1) is 9.07. The maximum Gasteiger partial charge on any atom is 0.164 e. The standard InChI is InChI=1S/C16H26O4/c1-9(2)7-13(19)15(11(5)17)16(12(6)18)14(20)8-10(3)4/h9-10,19-20H,7-8H2,1-6H3/b15-13+,16-14+. The van der Waals surface area contributed by atoms with E-state index in [-0.39, 0.29) is 34.5 Å². The van der Waals surface area contributed by atoms with Crippen molar-refractivity contribution < 1.29 is 19.8 Å². The fraction of sp³-hybridized carbons (Fsp3) is 0.625. The van der Waals surface area contributed by atoms with Crippen molar-refractivity contribution in [2.45, 2.75) is 54.4 Å². The van der Waals surface area contributed by atoms with Crippen molar-refractivity contribution in [3.63, 3.8) is 0 Å². The van der Waals surface area contributed by atoms with Gasteiger partial charge in [-0.15, -0.1) is 0 Å². The zero-order chi connectivity index (χ0) is 16.0. The molecule has 0 saturated carbocycles. The molecule has 0 aliphatic rings. The van der Waals surface area contributed by atoms with Crippen LogP contribution in [-0.2, 0) is 9.59 Å². The summed E-state index contributed by atoms with van der Waals surface area (Å²) in [5, 5.41) is 20.2. The van der Waals surface area contributed by atoms with E-state index in [1.807, 2.05) is 27.7 Å². The predicted octanol–water partition coefficient (Wildman–Crippen LogP) is 3.88. The van der Waals surface area contributed by atoms with E-state index in [4.69, 9.17) is 0 Å². The number of aliphatic hydroxyl groups excluding tert-OH is 2. The molecule has 0 aromatic carbocycles. The van der Waals surface area contributed by atoms with Crippen molar-refractivity contribution >= 4 is 11.6 Å². The lowest BCUT2D eigenvalue weighted by Crippen LogP contribution is -2.15. The van der Waals surface area contributed by atoms with Crippen LogP contribution < -0.4 is 0 Å². The molecule has 0 rings (SSSR count). The molecule has 20 heavy (non-hydrogen) atoms. The Labute approximate surface area is 121 Å². The molecule has 114 valence electrons. The summed E-state index contributed by atoms with van der Waals surface area (Å²) in [6.45, 7) is 10.2. The number of carbonyl (C=O) groups excluding carboxylic acids is 2. The average molecular weight is 282 g/mol. The summed E-state index contributed by atoms with van der Waals surface area (Å²) in [4.78, 5) is 23.6. The van der Waals surface area contributed by atoms with Gasteiger partial charge in [-0.2, -0.15) is 0 Å². The van der Waals surface area contributed by atoms with E-state index >= 15 is 0 Å². The van der Waals surface area contributed by atoms with Crippen LogP contribution in [0, 0.1) is 11.8 Å². The number of rotatable bonds is 7. The molecular weight excluding hydrogens is 256 g/mol. The van der Waals surface area contributed by atoms with E-state index in [0.717, 1.165) is 0 Å². The number of allylic oxidation sites excluding steroid dienone is 4. The molecule has 0 fully saturated rings. The first-order valence-corrected chi connectivity index (χ1v) is 6.94. The van der Waals surface area contributed by atoms with Crippen molar-refractivity contribution in [3.8, 4) is 0 Å². The van der Waals surface area contributed by atoms with Crippen LogP contribution in [0.2, 0.25) is 0 Å². The van der Waals surface area contributed by atoms with Crippen molar-refractivity contribution in [1.29, 1.82) is 0 Å². The number of ketones is 2. The molecule has 0 saturated heterocycles. The van der Waals surface area contributed by atoms with Crippen molar-refractivity contribution in [2.75, 3.05) is 0 Å². The first kappa shape index (κ1) is 18.4. The Kier molecular flexibility index (Phi) is 7.25. The zero-order valence-electron chi connectivity index (χ0n) is 13.3. The second-order valence-corrected chi connectivity index (χ2v) is 5.95. The van der Waals surface area contributed by atoms with E-state index in [0.29, 0.717) is 12.8 Å². The molecule has 0 aromatic rings. The van der Waals surface area contributed by atoms with Gasteiger partial charge in [-0.3, -0.25) is 9.59 Å². The second-order valence-electron chi connectivity index (χ2n) is 5.95. The van der Waals surface area contributed by atoms with E-state index in [1.165, 1.54) is 13.8 Å². The zero-order valence-corrected chi connectivity index (χ0v) is 13.3. The fourth-order valence-corrected chi connectivity index (χ4v) is 2.02. The van der Waals surface area contributed by atoms with Gasteiger partial charge in [0.05, 0.1) is 11.1 Å². The third-order valence-electron chi connectivity index (χ3n) is 2.73. The average Bonchev–Trinajstić information content (AvgIpc) is 2.21. The van der Waals surface area contributed by atoms with Gasteiger partial charge in [0.1, 0.15) is 11.5 Å². The smallest absolute Gasteiger partial charge is 0.164 e. The highest BCUT2D eigenvalue weighted by atomic mass is 16.3. The van der Waals surface area contributed by atoms with Gasteiger partial charge in [0.25, 0.3) is 0 Å². The van der Waals surface area contributed by atoms with Crippen LogP contribution in [-0.4, -0.2) is 21.8 Å². The van der Waals surface area contributed by atoms with Gasteiger partial charge in [0.2, 0.25) is 0 Å². The van der Waals surface area contributed by atoms with Gasteiger partial charge in [0, 0.05) is 12.8 Å². The first-order valence-electron chi connectivity index (χ1n) is 6.94. The van der Waals surface area contributed by atoms with Gasteiger partial charge < -0.3 is 10.2 Å². The van der Waals surface area contributed by atoms with Gasteiger partial charge in [0.15, 0.2) is 11.6 Å². The number of hydrogen-bond acceptors (Lipinski definition) is 4. The minimum Gasteiger partial charge on any atom is -0.512 e. The normalized spacial score (nSPS) is 14.2. The Hall–Kier alpha value is -1.58. The minimum absolute atomic E-state index is 0.0515. The van der Waals surface area contributed by atoms with Crippen molar-refractivity contribution in [2.24, 2.45) is 11.8 Å². The molecule has 0 aromatic heterocycles. The number of hydrogen-bond donors (Lipinski definition) is 2. The summed E-state index contributed by atoms with van der Waals surface area (Å²) in [6, 6.07) is 0. The molecule has 0 aliphatic carbocycles. The monoisotopic (exact) mass is 282 g/mol. The summed E-state index contributed by atoms with van der Waals surface area (Å²) >= 11 is 0. The molecule has 0 radical (unpaired) electrons. The minimum atomic E-state index is -0.413. The second kappa shape index (κ2) is 7.88. The highest BCUT2D eigenvalue weighted by Crippen LogP contribution is 2.25. The molecule has 2 N–H and O–H groups in total. The van der Waals surface area contributed by atoms with Gasteiger partial charge in [-0.1, -0.05) is 27.7 Å². The van der Waals surface area contributed by atoms with Gasteiger partial charge in [-0.25, -0.2) is 0 Å². The Morgan fingerprint density at radius 1 is 0.750 bits per heavy atom. The molecule has 0 unspecified atom stereocenters. The number of Topliss-reactive ketones (excluding diaryl/α,β-unsaturated/α-hetero) is 2. The lowest BCUT2D eigenvalue weighted by atomic mass is 9.91. The Bertz CT molecular complexity index is 397. The Morgan fingerprint density at radius 2 is 1.00 bits per heavy atom. The molecule has 0 spiro atoms. The molecule has 4 nitrogen and oxygen atoms in total. The summed E-state index contributed by atoms with van der Waals surface area (Å²) in [5.74, 6) is -0.803. The molecule has 4 heteroatoms. The summed E-state index contributed by atoms with van der Waals surface area (Å²) in [7, 11) is 0. The third-order valence-corrected chi connectivity index (χ3v) is 2.73. The number of aliphatic hydroxyl groups is 2. The Morgan fingerprint density at radius 3 is 1.15 bits per heavy atom. The maximum atomic E-state index is 11.8. The van der Waals surface area contributed by atoms with E-state index in [2.05, 4.69) is 0 Å². The van der Waals surface area contributed by atoms with Crippen LogP contribution >= 0.6 is 0 Å². The highest BCUT2D eigenvalue weighted by Gasteiger charge is 2.24. The number of carbonyl (C=O) groups is 2. The summed E-state index contributed by atoms with van der Waals surface area (Å²) in [6.07, 6.45) is 0.585. The largest absolute Gasteiger partial charge is 0.512 e. The molecule has 0 amide bonds. The van der Waals surface area contributed by atoms with E-state index < -0.39 is 11.6 Å². The maximum absolute atomic E-state index is 11.8. The molecule has 0 bridgehead atoms. The van der Waals surface area contributed by atoms with Crippen LogP contribution in [0.4, 0.5) is 0 Å². The van der Waals surface area contributed by atoms with Crippen LogP contribution in [0.15, 0.2) is 22.7 Å². The predicted molar refractivity (Wildman–Crippen MR) is 79.6 cm³/mol. The summed E-state index contributed by atoms with van der Waals surface area (Å²) < 4.78 is 0. The van der Waals surface area contributed by atoms with Crippen molar-refractivity contribution in [1.82, 2.24) is 0 Å². The molecular formula is C16H26O4. The lowest BCUT2D eigenvalue weighted by molar-refractivity contribution is -0.116. The lowest BCUT2D eigenvalue weighted by Gasteiger charge is -2.15. The SMILES string of the molecule is CC(=O)C(=C(\O)CC(C)C)/C(C(C)=O)=C(/O)CC(C)C. The Balaban J connectivity index is 5.96. The fourth-order valence-electron chi connectivity index (χ4n) is 2.02. The quantitative estimate of drug-likeness (QED) is 0.422. The van der Waals surface area contributed by atoms with E-state index in [9.17, 15) is 19.8 Å².